The Morgan fingerprint density at radius 2 is 1.81 bits per heavy atom. The number of nitrogens with one attached hydrogen (secondary N) is 1. The first-order valence-corrected chi connectivity index (χ1v) is 16.8. The van der Waals surface area contributed by atoms with E-state index in [4.69, 9.17) is 4.74 Å². The van der Waals surface area contributed by atoms with Crippen LogP contribution in [-0.2, 0) is 19.9 Å². The second-order valence-electron chi connectivity index (χ2n) is 11.1. The van der Waals surface area contributed by atoms with Gasteiger partial charge in [-0.1, -0.05) is 30.0 Å². The van der Waals surface area contributed by atoms with Gasteiger partial charge < -0.3 is 26.1 Å². The van der Waals surface area contributed by atoms with Crippen LogP contribution in [0.2, 0.25) is 0 Å². The van der Waals surface area contributed by atoms with Crippen molar-refractivity contribution in [2.45, 2.75) is 30.3 Å². The molecule has 1 aliphatic carbocycles. The molecule has 3 heterocycles. The summed E-state index contributed by atoms with van der Waals surface area (Å²) in [6, 6.07) is 9.92. The van der Waals surface area contributed by atoms with Gasteiger partial charge in [-0.05, 0) is 37.1 Å². The second-order valence-corrected chi connectivity index (χ2v) is 13.3. The Labute approximate surface area is 301 Å². The molecule has 6 rings (SSSR count). The van der Waals surface area contributed by atoms with E-state index in [1.54, 1.807) is 50.9 Å². The van der Waals surface area contributed by atoms with Gasteiger partial charge in [0.2, 0.25) is 5.43 Å². The minimum Gasteiger partial charge on any atom is -1.00 e. The monoisotopic (exact) mass is 712 g/mol. The number of amides is 2. The normalized spacial score (nSPS) is 19.6. The number of hydrogen-bond donors (Lipinski definition) is 3. The molecular formula is C29H30FN6NaO9S2. The number of aromatic nitrogens is 1. The van der Waals surface area contributed by atoms with Gasteiger partial charge in [0.15, 0.2) is 6.61 Å². The van der Waals surface area contributed by atoms with E-state index >= 15 is 4.39 Å². The van der Waals surface area contributed by atoms with Crippen LogP contribution in [0.25, 0.3) is 10.9 Å². The number of aromatic carboxylic acids is 1. The van der Waals surface area contributed by atoms with E-state index in [1.165, 1.54) is 11.7 Å². The summed E-state index contributed by atoms with van der Waals surface area (Å²) < 4.78 is 55.8. The first kappa shape index (κ1) is 35.6. The molecule has 3 aromatic rings. The number of hydrazone groups is 1. The summed E-state index contributed by atoms with van der Waals surface area (Å²) in [4.78, 5) is 51.1. The van der Waals surface area contributed by atoms with Crippen molar-refractivity contribution in [3.05, 3.63) is 70.3 Å². The van der Waals surface area contributed by atoms with Gasteiger partial charge in [-0.3, -0.25) is 23.9 Å². The topological polar surface area (TPSA) is 191 Å². The van der Waals surface area contributed by atoms with Crippen molar-refractivity contribution >= 4 is 62.0 Å². The van der Waals surface area contributed by atoms with Crippen LogP contribution >= 0.6 is 11.8 Å². The quantitative estimate of drug-likeness (QED) is 0.0696. The number of para-hydroxylation sites is 1. The molecule has 2 aromatic carbocycles. The van der Waals surface area contributed by atoms with Crippen molar-refractivity contribution in [3.8, 4) is 5.75 Å². The number of carbonyl (C=O) groups excluding carboxylic acids is 2. The summed E-state index contributed by atoms with van der Waals surface area (Å²) in [5.74, 6) is -3.28. The Balaban J connectivity index is 0.00000270. The summed E-state index contributed by atoms with van der Waals surface area (Å²) >= 11 is 0.805. The summed E-state index contributed by atoms with van der Waals surface area (Å²) in [5.41, 5.74) is 0.879. The standard InChI is InChI=1S/C29H29FN6O9S2.Na.H/c30-21-12-19-22(35(17-6-7-17)14-20(26(19)38)29(40)41)13-23(21)33-8-10-34(11-9-33)31-16-46-28-25(27(39)36(28)47(42,43)44)32-24(37)15-45-18-4-2-1-3-5-18;;/h1-5,12-14,16-17,25,28H,6-11,15H2,(H,32,37)(H,40,41)(H,42,43,44);;/q;+1;-1/b31-16+;;/t25-,28?;;/m0../s1. The van der Waals surface area contributed by atoms with Crippen LogP contribution in [0.15, 0.2) is 58.6 Å². The minimum atomic E-state index is -4.90. The fourth-order valence-electron chi connectivity index (χ4n) is 5.45. The van der Waals surface area contributed by atoms with Gasteiger partial charge in [0.25, 0.3) is 11.8 Å². The molecule has 0 bridgehead atoms. The van der Waals surface area contributed by atoms with E-state index in [-0.39, 0.29) is 52.4 Å². The molecule has 3 aliphatic rings. The molecule has 3 N–H and O–H groups in total. The van der Waals surface area contributed by atoms with Crippen molar-refractivity contribution in [2.24, 2.45) is 5.10 Å². The number of hydrogen-bond acceptors (Lipinski definition) is 11. The van der Waals surface area contributed by atoms with Gasteiger partial charge in [-0.15, -0.1) is 0 Å². The van der Waals surface area contributed by atoms with Crippen molar-refractivity contribution < 1.29 is 72.6 Å². The molecule has 0 spiro atoms. The predicted molar refractivity (Wildman–Crippen MR) is 170 cm³/mol. The molecule has 250 valence electrons. The van der Waals surface area contributed by atoms with Crippen LogP contribution in [0, 0.1) is 5.82 Å². The maximum absolute atomic E-state index is 15.3. The van der Waals surface area contributed by atoms with Crippen molar-refractivity contribution in [1.82, 2.24) is 19.2 Å². The maximum atomic E-state index is 15.3. The van der Waals surface area contributed by atoms with Gasteiger partial charge in [0.1, 0.15) is 28.5 Å². The molecule has 15 nitrogen and oxygen atoms in total. The van der Waals surface area contributed by atoms with E-state index in [1.807, 2.05) is 0 Å². The molecule has 1 aromatic heterocycles. The number of rotatable bonds is 11. The summed E-state index contributed by atoms with van der Waals surface area (Å²) in [5, 5.41) is 16.7. The summed E-state index contributed by atoms with van der Waals surface area (Å²) in [6.45, 7) is 0.930. The first-order valence-electron chi connectivity index (χ1n) is 14.5. The number of halogens is 1. The molecule has 2 amide bonds. The molecule has 1 unspecified atom stereocenters. The number of carboxylic acids is 1. The maximum Gasteiger partial charge on any atom is 1.00 e. The van der Waals surface area contributed by atoms with Gasteiger partial charge in [0.05, 0.1) is 29.8 Å². The molecule has 19 heteroatoms. The Kier molecular flexibility index (Phi) is 10.7. The Hall–Kier alpha value is -3.68. The van der Waals surface area contributed by atoms with E-state index in [2.05, 4.69) is 10.4 Å². The number of thioether (sulfide) groups is 1. The average Bonchev–Trinajstić information content (AvgIpc) is 3.88. The van der Waals surface area contributed by atoms with Crippen molar-refractivity contribution in [1.29, 1.82) is 0 Å². The molecular weight excluding hydrogens is 682 g/mol. The number of fused-ring (bicyclic) bond motifs is 1. The van der Waals surface area contributed by atoms with Crippen LogP contribution in [0.5, 0.6) is 5.75 Å². The number of piperazine rings is 1. The number of anilines is 1. The van der Waals surface area contributed by atoms with Gasteiger partial charge in [-0.2, -0.15) is 17.8 Å². The summed E-state index contributed by atoms with van der Waals surface area (Å²) in [7, 11) is -4.90. The van der Waals surface area contributed by atoms with Crippen LogP contribution in [0.1, 0.15) is 30.7 Å². The van der Waals surface area contributed by atoms with Crippen LogP contribution in [-0.4, -0.2) is 99.5 Å². The van der Waals surface area contributed by atoms with Crippen molar-refractivity contribution in [3.63, 3.8) is 0 Å². The zero-order chi connectivity index (χ0) is 33.5. The predicted octanol–water partition coefficient (Wildman–Crippen LogP) is -1.38. The number of pyridine rings is 1. The molecule has 48 heavy (non-hydrogen) atoms. The van der Waals surface area contributed by atoms with Crippen LogP contribution < -0.4 is 49.9 Å². The SMILES string of the molecule is O=C(COc1ccccc1)N[C@H]1C(=O)N(S(=O)(=O)O)C1S/C=N/N1CCN(c2cc3c(cc2F)c(=O)c(C(=O)O)cn3C2CC2)CC1.[H-].[Na+]. The first-order chi connectivity index (χ1) is 22.4. The van der Waals surface area contributed by atoms with Gasteiger partial charge in [-0.25, -0.2) is 9.18 Å². The zero-order valence-electron chi connectivity index (χ0n) is 26.6. The van der Waals surface area contributed by atoms with E-state index in [0.29, 0.717) is 37.4 Å². The zero-order valence-corrected chi connectivity index (χ0v) is 29.2. The second kappa shape index (κ2) is 14.4. The summed E-state index contributed by atoms with van der Waals surface area (Å²) in [6.07, 6.45) is 2.97. The number of carboxylic acid groups (broad SMARTS) is 1. The number of benzene rings is 2. The van der Waals surface area contributed by atoms with E-state index in [0.717, 1.165) is 30.7 Å². The van der Waals surface area contributed by atoms with Crippen LogP contribution in [0.3, 0.4) is 0 Å². The number of ether oxygens (including phenoxy) is 1. The Morgan fingerprint density at radius 1 is 1.12 bits per heavy atom. The smallest absolute Gasteiger partial charge is 1.00 e. The molecule has 2 aliphatic heterocycles. The molecule has 2 saturated heterocycles. The molecule has 3 fully saturated rings. The third-order valence-electron chi connectivity index (χ3n) is 7.96. The number of β-lactam (4-membered cyclic amide) rings is 1. The third-order valence-corrected chi connectivity index (χ3v) is 9.97. The number of carbonyl (C=O) groups is 3. The van der Waals surface area contributed by atoms with E-state index < -0.39 is 62.9 Å². The molecule has 0 radical (unpaired) electrons. The molecule has 2 atom stereocenters. The largest absolute Gasteiger partial charge is 1.00 e. The van der Waals surface area contributed by atoms with E-state index in [9.17, 15) is 37.3 Å². The Morgan fingerprint density at radius 3 is 2.44 bits per heavy atom. The van der Waals surface area contributed by atoms with Crippen molar-refractivity contribution in [2.75, 3.05) is 37.7 Å². The third kappa shape index (κ3) is 7.47. The average molecular weight is 713 g/mol. The number of nitrogens with zero attached hydrogens (tertiary/aromatic N) is 5. The minimum absolute atomic E-state index is 0. The fourth-order valence-corrected chi connectivity index (χ4v) is 7.52. The van der Waals surface area contributed by atoms with Gasteiger partial charge >= 0.3 is 45.8 Å². The fraction of sp³-hybridized carbons (Fsp3) is 0.345. The van der Waals surface area contributed by atoms with Gasteiger partial charge in [0, 0.05) is 30.7 Å². The molecule has 1 saturated carbocycles. The van der Waals surface area contributed by atoms with Crippen LogP contribution in [0.4, 0.5) is 10.1 Å². The Bertz CT molecular complexity index is 1940.